The Labute approximate surface area is 242 Å². The Bertz CT molecular complexity index is 1570. The molecule has 7 heterocycles. The van der Waals surface area contributed by atoms with Gasteiger partial charge in [-0.15, -0.1) is 0 Å². The van der Waals surface area contributed by atoms with Gasteiger partial charge in [-0.1, -0.05) is 0 Å². The summed E-state index contributed by atoms with van der Waals surface area (Å²) in [6.45, 7) is 5.75. The number of anilines is 1. The lowest BCUT2D eigenvalue weighted by Crippen LogP contribution is -2.54. The average molecular weight is 570 g/mol. The molecule has 3 saturated heterocycles. The Morgan fingerprint density at radius 2 is 1.81 bits per heavy atom. The highest BCUT2D eigenvalue weighted by Crippen LogP contribution is 2.32. The van der Waals surface area contributed by atoms with E-state index in [1.54, 1.807) is 30.1 Å². The number of likely N-dealkylation sites (tertiary alicyclic amines) is 1. The molecule has 42 heavy (non-hydrogen) atoms. The zero-order valence-corrected chi connectivity index (χ0v) is 23.3. The number of fused-ring (bicyclic) bond motifs is 2. The number of ether oxygens (including phenoxy) is 5. The van der Waals surface area contributed by atoms with Crippen molar-refractivity contribution in [3.63, 3.8) is 0 Å². The molecule has 0 spiro atoms. The zero-order valence-electron chi connectivity index (χ0n) is 23.3. The van der Waals surface area contributed by atoms with Crippen molar-refractivity contribution in [2.45, 2.75) is 18.3 Å². The van der Waals surface area contributed by atoms with E-state index in [1.165, 1.54) is 0 Å². The van der Waals surface area contributed by atoms with Crippen molar-refractivity contribution in [2.24, 2.45) is 0 Å². The SMILES string of the molecule is COc1ccc(OC2CN(c3ccc(-c4cc(OCCN5CC6OCCOC6C5)cn5ncc(C#N)c45)cn3)C2)cn1. The number of nitrogens with zero attached hydrogens (tertiary/aromatic N) is 7. The summed E-state index contributed by atoms with van der Waals surface area (Å²) in [4.78, 5) is 13.4. The van der Waals surface area contributed by atoms with E-state index in [-0.39, 0.29) is 18.3 Å². The van der Waals surface area contributed by atoms with Crippen molar-refractivity contribution in [3.8, 4) is 34.6 Å². The Morgan fingerprint density at radius 1 is 0.976 bits per heavy atom. The van der Waals surface area contributed by atoms with Crippen LogP contribution in [0.4, 0.5) is 5.82 Å². The minimum absolute atomic E-state index is 0.0600. The topological polar surface area (TPSA) is 120 Å². The minimum atomic E-state index is 0.0600. The van der Waals surface area contributed by atoms with E-state index in [4.69, 9.17) is 28.7 Å². The summed E-state index contributed by atoms with van der Waals surface area (Å²) < 4.78 is 30.6. The van der Waals surface area contributed by atoms with Crippen LogP contribution >= 0.6 is 0 Å². The first kappa shape index (κ1) is 26.5. The molecule has 0 radical (unpaired) electrons. The molecule has 0 saturated carbocycles. The predicted molar refractivity (Wildman–Crippen MR) is 152 cm³/mol. The van der Waals surface area contributed by atoms with Crippen LogP contribution in [0.2, 0.25) is 0 Å². The van der Waals surface area contributed by atoms with Crippen molar-refractivity contribution >= 4 is 11.3 Å². The van der Waals surface area contributed by atoms with Crippen molar-refractivity contribution in [2.75, 3.05) is 64.6 Å². The molecule has 4 aromatic heterocycles. The van der Waals surface area contributed by atoms with Gasteiger partial charge in [-0.25, -0.2) is 14.5 Å². The van der Waals surface area contributed by atoms with Gasteiger partial charge in [0.25, 0.3) is 0 Å². The molecule has 3 aliphatic heterocycles. The monoisotopic (exact) mass is 569 g/mol. The lowest BCUT2D eigenvalue weighted by Gasteiger charge is -2.39. The molecule has 0 N–H and O–H groups in total. The van der Waals surface area contributed by atoms with Crippen LogP contribution in [0, 0.1) is 11.3 Å². The second kappa shape index (κ2) is 11.4. The number of aromatic nitrogens is 4. The highest BCUT2D eigenvalue weighted by Gasteiger charge is 2.36. The number of nitriles is 1. The normalized spacial score (nSPS) is 20.6. The van der Waals surface area contributed by atoms with Gasteiger partial charge in [0.1, 0.15) is 36.1 Å². The van der Waals surface area contributed by atoms with E-state index in [0.717, 1.165) is 55.2 Å². The van der Waals surface area contributed by atoms with E-state index < -0.39 is 0 Å². The molecule has 0 aliphatic carbocycles. The molecule has 2 atom stereocenters. The van der Waals surface area contributed by atoms with Gasteiger partial charge in [-0.05, 0) is 24.3 Å². The predicted octanol–water partition coefficient (Wildman–Crippen LogP) is 2.42. The number of hydrogen-bond acceptors (Lipinski definition) is 11. The maximum absolute atomic E-state index is 9.72. The summed E-state index contributed by atoms with van der Waals surface area (Å²) in [6, 6.07) is 11.9. The van der Waals surface area contributed by atoms with Crippen molar-refractivity contribution < 1.29 is 23.7 Å². The first-order chi connectivity index (χ1) is 20.7. The van der Waals surface area contributed by atoms with Gasteiger partial charge in [0.05, 0.1) is 75.3 Å². The summed E-state index contributed by atoms with van der Waals surface area (Å²) in [7, 11) is 1.59. The fourth-order valence-electron chi connectivity index (χ4n) is 5.67. The second-order valence-corrected chi connectivity index (χ2v) is 10.6. The van der Waals surface area contributed by atoms with Gasteiger partial charge in [0.2, 0.25) is 5.88 Å². The van der Waals surface area contributed by atoms with Crippen LogP contribution in [-0.2, 0) is 9.47 Å². The van der Waals surface area contributed by atoms with Gasteiger partial charge < -0.3 is 28.6 Å². The summed E-state index contributed by atoms with van der Waals surface area (Å²) in [5, 5.41) is 14.1. The number of hydrogen-bond donors (Lipinski definition) is 0. The van der Waals surface area contributed by atoms with E-state index >= 15 is 0 Å². The Balaban J connectivity index is 1.02. The Morgan fingerprint density at radius 3 is 2.50 bits per heavy atom. The molecule has 3 fully saturated rings. The van der Waals surface area contributed by atoms with Crippen molar-refractivity contribution in [3.05, 3.63) is 60.7 Å². The molecule has 4 aromatic rings. The summed E-state index contributed by atoms with van der Waals surface area (Å²) in [5.74, 6) is 2.81. The lowest BCUT2D eigenvalue weighted by molar-refractivity contribution is -0.116. The largest absolute Gasteiger partial charge is 0.491 e. The maximum atomic E-state index is 9.72. The third-order valence-corrected chi connectivity index (χ3v) is 7.87. The van der Waals surface area contributed by atoms with Crippen molar-refractivity contribution in [1.29, 1.82) is 5.26 Å². The number of rotatable bonds is 9. The van der Waals surface area contributed by atoms with E-state index in [1.807, 2.05) is 36.7 Å². The molecular formula is C30H31N7O5. The van der Waals surface area contributed by atoms with Crippen LogP contribution < -0.4 is 19.1 Å². The lowest BCUT2D eigenvalue weighted by atomic mass is 10.0. The molecule has 0 amide bonds. The minimum Gasteiger partial charge on any atom is -0.491 e. The molecule has 0 aromatic carbocycles. The van der Waals surface area contributed by atoms with E-state index in [2.05, 4.69) is 26.0 Å². The standard InChI is InChI=1S/C30H31N7O5/c1-38-29-5-3-22(14-33-29)42-24-15-36(16-24)28-4-2-20(12-32-28)25-10-23(17-37-30(25)21(11-31)13-34-37)39-7-6-35-18-26-27(19-35)41-9-8-40-26/h2-5,10,12-14,17,24,26-27H,6-9,15-16,18-19H2,1H3. The van der Waals surface area contributed by atoms with Crippen LogP contribution in [0.1, 0.15) is 5.56 Å². The highest BCUT2D eigenvalue weighted by molar-refractivity contribution is 5.85. The average Bonchev–Trinajstić information content (AvgIpc) is 3.62. The van der Waals surface area contributed by atoms with Gasteiger partial charge in [-0.3, -0.25) is 4.90 Å². The van der Waals surface area contributed by atoms with Gasteiger partial charge in [0.15, 0.2) is 0 Å². The first-order valence-corrected chi connectivity index (χ1v) is 14.0. The Hall–Kier alpha value is -4.44. The van der Waals surface area contributed by atoms with Gasteiger partial charge >= 0.3 is 0 Å². The molecule has 3 aliphatic rings. The fraction of sp³-hybridized carbons (Fsp3) is 0.400. The van der Waals surface area contributed by atoms with Crippen LogP contribution in [-0.4, -0.2) is 102 Å². The molecule has 12 nitrogen and oxygen atoms in total. The fourth-order valence-corrected chi connectivity index (χ4v) is 5.67. The highest BCUT2D eigenvalue weighted by atomic mass is 16.6. The molecule has 12 heteroatoms. The van der Waals surface area contributed by atoms with Crippen LogP contribution in [0.15, 0.2) is 55.1 Å². The van der Waals surface area contributed by atoms with Crippen LogP contribution in [0.25, 0.3) is 16.6 Å². The van der Waals surface area contributed by atoms with E-state index in [0.29, 0.717) is 42.8 Å². The number of methoxy groups -OCH3 is 1. The first-order valence-electron chi connectivity index (χ1n) is 14.0. The quantitative estimate of drug-likeness (QED) is 0.296. The van der Waals surface area contributed by atoms with E-state index in [9.17, 15) is 5.26 Å². The summed E-state index contributed by atoms with van der Waals surface area (Å²) in [6.07, 6.45) is 7.24. The van der Waals surface area contributed by atoms with Crippen LogP contribution in [0.3, 0.4) is 0 Å². The maximum Gasteiger partial charge on any atom is 0.213 e. The smallest absolute Gasteiger partial charge is 0.213 e. The molecular weight excluding hydrogens is 538 g/mol. The Kier molecular flexibility index (Phi) is 7.21. The van der Waals surface area contributed by atoms with Gasteiger partial charge in [-0.2, -0.15) is 10.4 Å². The van der Waals surface area contributed by atoms with Crippen LogP contribution in [0.5, 0.6) is 17.4 Å². The zero-order chi connectivity index (χ0) is 28.5. The molecule has 216 valence electrons. The summed E-state index contributed by atoms with van der Waals surface area (Å²) in [5.41, 5.74) is 2.94. The van der Waals surface area contributed by atoms with Crippen molar-refractivity contribution in [1.82, 2.24) is 24.5 Å². The number of pyridine rings is 3. The van der Waals surface area contributed by atoms with Gasteiger partial charge in [0, 0.05) is 43.0 Å². The third-order valence-electron chi connectivity index (χ3n) is 7.87. The molecule has 2 unspecified atom stereocenters. The third kappa shape index (κ3) is 5.30. The summed E-state index contributed by atoms with van der Waals surface area (Å²) >= 11 is 0. The molecule has 7 rings (SSSR count). The molecule has 0 bridgehead atoms. The second-order valence-electron chi connectivity index (χ2n) is 10.6.